The van der Waals surface area contributed by atoms with E-state index < -0.39 is 20.6 Å². The molecule has 0 aromatic rings. The number of hydrogen-bond acceptors (Lipinski definition) is 6. The zero-order valence-electron chi connectivity index (χ0n) is 4.90. The van der Waals surface area contributed by atoms with Crippen LogP contribution in [0.1, 0.15) is 0 Å². The van der Waals surface area contributed by atoms with Gasteiger partial charge in [-0.15, -0.1) is 0 Å². The first-order valence-electron chi connectivity index (χ1n) is 1.41. The molecule has 0 heterocycles. The van der Waals surface area contributed by atoms with E-state index >= 15 is 0 Å². The van der Waals surface area contributed by atoms with Crippen molar-refractivity contribution in [1.82, 2.24) is 0 Å². The van der Waals surface area contributed by atoms with Crippen molar-refractivity contribution in [2.45, 2.75) is 0 Å². The quantitative estimate of drug-likeness (QED) is 0.411. The van der Waals surface area contributed by atoms with E-state index in [1.807, 2.05) is 0 Å². The maximum absolute atomic E-state index is 8.74. The van der Waals surface area contributed by atoms with Crippen LogP contribution in [0, 0.1) is 0 Å². The monoisotopic (exact) mass is 306 g/mol. The maximum atomic E-state index is 8.74. The third kappa shape index (κ3) is 1920. The van der Waals surface area contributed by atoms with Crippen LogP contribution in [0.25, 0.3) is 10.3 Å². The van der Waals surface area contributed by atoms with Crippen LogP contribution in [0.5, 0.6) is 0 Å². The third-order valence-electron chi connectivity index (χ3n) is 0. The SMILES string of the molecule is [NH-]S(=O)(=O)[O-].[NH-]S(=O)(=O)[O-].[Ni+2].[Ni+2]. The Balaban J connectivity index is -0.0000000457. The van der Waals surface area contributed by atoms with Gasteiger partial charge in [0.25, 0.3) is 0 Å². The predicted octanol–water partition coefficient (Wildman–Crippen LogP) is -1.01. The van der Waals surface area contributed by atoms with Gasteiger partial charge in [0.1, 0.15) is 0 Å². The summed E-state index contributed by atoms with van der Waals surface area (Å²) in [5, 5.41) is 10.7. The Morgan fingerprint density at radius 1 is 0.750 bits per heavy atom. The van der Waals surface area contributed by atoms with Gasteiger partial charge in [0.15, 0.2) is 0 Å². The van der Waals surface area contributed by atoms with Gasteiger partial charge in [-0.25, -0.2) is 0 Å². The van der Waals surface area contributed by atoms with Gasteiger partial charge in [0.05, 0.1) is 0 Å². The van der Waals surface area contributed by atoms with Gasteiger partial charge in [0, 0.05) is 20.6 Å². The average molecular weight is 308 g/mol. The third-order valence-corrected chi connectivity index (χ3v) is 0. The summed E-state index contributed by atoms with van der Waals surface area (Å²) < 4.78 is 52.5. The summed E-state index contributed by atoms with van der Waals surface area (Å²) in [5.74, 6) is 0. The van der Waals surface area contributed by atoms with E-state index in [2.05, 4.69) is 0 Å². The summed E-state index contributed by atoms with van der Waals surface area (Å²) in [6.07, 6.45) is 0. The molecule has 0 saturated carbocycles. The van der Waals surface area contributed by atoms with E-state index in [4.69, 9.17) is 36.2 Å². The first-order chi connectivity index (χ1) is 4.00. The minimum Gasteiger partial charge on any atom is -0.764 e. The first kappa shape index (κ1) is 23.0. The Morgan fingerprint density at radius 3 is 0.750 bits per heavy atom. The van der Waals surface area contributed by atoms with Gasteiger partial charge in [-0.2, -0.15) is 0 Å². The first-order valence-corrected chi connectivity index (χ1v) is 4.22. The molecule has 0 atom stereocenters. The molecule has 12 heteroatoms. The Kier molecular flexibility index (Phi) is 16.0. The molecule has 0 aliphatic heterocycles. The molecule has 0 aromatic carbocycles. The fraction of sp³-hybridized carbons (Fsp3) is 0. The second-order valence-corrected chi connectivity index (χ2v) is 2.72. The molecule has 0 saturated heterocycles. The second-order valence-electron chi connectivity index (χ2n) is 0.908. The van der Waals surface area contributed by atoms with Gasteiger partial charge in [-0.1, -0.05) is 0 Å². The Labute approximate surface area is 89.7 Å². The zero-order valence-corrected chi connectivity index (χ0v) is 8.51. The molecule has 0 aromatic heterocycles. The van der Waals surface area contributed by atoms with Crippen molar-refractivity contribution in [3.63, 3.8) is 0 Å². The predicted molar refractivity (Wildman–Crippen MR) is 28.0 cm³/mol. The average Bonchev–Trinajstić information content (AvgIpc) is 1.12. The summed E-state index contributed by atoms with van der Waals surface area (Å²) in [7, 11) is -9.33. The van der Waals surface area contributed by atoms with Crippen molar-refractivity contribution in [3.8, 4) is 0 Å². The van der Waals surface area contributed by atoms with E-state index in [0.717, 1.165) is 0 Å². The summed E-state index contributed by atoms with van der Waals surface area (Å²) in [5.41, 5.74) is 0. The summed E-state index contributed by atoms with van der Waals surface area (Å²) in [4.78, 5) is 0. The van der Waals surface area contributed by atoms with Crippen LogP contribution in [0.2, 0.25) is 0 Å². The maximum Gasteiger partial charge on any atom is 2.00 e. The summed E-state index contributed by atoms with van der Waals surface area (Å²) in [6, 6.07) is 0. The van der Waals surface area contributed by atoms with Crippen LogP contribution in [0.3, 0.4) is 0 Å². The Morgan fingerprint density at radius 2 is 0.750 bits per heavy atom. The van der Waals surface area contributed by atoms with Gasteiger partial charge >= 0.3 is 33.0 Å². The Bertz CT molecular complexity index is 218. The van der Waals surface area contributed by atoms with Gasteiger partial charge < -0.3 is 19.4 Å². The molecule has 0 aliphatic carbocycles. The zero-order chi connectivity index (χ0) is 9.00. The van der Waals surface area contributed by atoms with E-state index in [0.29, 0.717) is 0 Å². The van der Waals surface area contributed by atoms with E-state index in [1.54, 1.807) is 0 Å². The van der Waals surface area contributed by atoms with E-state index in [1.165, 1.54) is 0 Å². The molecule has 0 spiro atoms. The molecule has 0 radical (unpaired) electrons. The standard InChI is InChI=1S/2H2NO3S.2Ni/c2*1-5(2,3)4;;/h2*(H2-,1,2,3,4);;/q2*-1;2*+2/p-2. The van der Waals surface area contributed by atoms with Crippen molar-refractivity contribution < 1.29 is 58.9 Å². The molecule has 12 heavy (non-hydrogen) atoms. The summed E-state index contributed by atoms with van der Waals surface area (Å²) >= 11 is 0. The van der Waals surface area contributed by atoms with Crippen molar-refractivity contribution >= 4 is 20.6 Å². The van der Waals surface area contributed by atoms with E-state index in [9.17, 15) is 0 Å². The Hall–Kier alpha value is 0.727. The van der Waals surface area contributed by atoms with Crippen LogP contribution < -0.4 is 0 Å². The number of hydrogen-bond donors (Lipinski definition) is 0. The van der Waals surface area contributed by atoms with Crippen LogP contribution in [0.4, 0.5) is 0 Å². The van der Waals surface area contributed by atoms with Crippen molar-refractivity contribution in [2.24, 2.45) is 0 Å². The molecule has 0 bridgehead atoms. The molecule has 0 rings (SSSR count). The largest absolute Gasteiger partial charge is 2.00 e. The molecule has 8 nitrogen and oxygen atoms in total. The second kappa shape index (κ2) is 8.33. The van der Waals surface area contributed by atoms with Crippen molar-refractivity contribution in [1.29, 1.82) is 0 Å². The van der Waals surface area contributed by atoms with Gasteiger partial charge in [-0.05, 0) is 0 Å². The smallest absolute Gasteiger partial charge is 0.764 e. The van der Waals surface area contributed by atoms with Crippen molar-refractivity contribution in [3.05, 3.63) is 10.3 Å². The molecule has 0 fully saturated rings. The number of nitrogens with one attached hydrogen (secondary N) is 2. The van der Waals surface area contributed by atoms with Crippen LogP contribution >= 0.6 is 0 Å². The topological polar surface area (TPSA) is 162 Å². The minimum absolute atomic E-state index is 0. The van der Waals surface area contributed by atoms with Crippen LogP contribution in [-0.4, -0.2) is 25.9 Å². The van der Waals surface area contributed by atoms with Crippen LogP contribution in [-0.2, 0) is 53.6 Å². The molecule has 0 aliphatic rings. The molecular weight excluding hydrogens is 306 g/mol. The minimum atomic E-state index is -4.67. The molecule has 0 unspecified atom stereocenters. The molecule has 80 valence electrons. The molecule has 2 N–H and O–H groups in total. The number of rotatable bonds is 0. The fourth-order valence-corrected chi connectivity index (χ4v) is 0. The van der Waals surface area contributed by atoms with Gasteiger partial charge in [-0.3, -0.25) is 16.8 Å². The van der Waals surface area contributed by atoms with Crippen molar-refractivity contribution in [2.75, 3.05) is 0 Å². The fourth-order valence-electron chi connectivity index (χ4n) is 0. The van der Waals surface area contributed by atoms with E-state index in [-0.39, 0.29) is 33.0 Å². The normalized spacial score (nSPS) is 9.67. The molecule has 0 amide bonds. The van der Waals surface area contributed by atoms with Crippen LogP contribution in [0.15, 0.2) is 0 Å². The molecular formula is H2N2Ni2O6S2. The van der Waals surface area contributed by atoms with Gasteiger partial charge in [0.2, 0.25) is 0 Å². The summed E-state index contributed by atoms with van der Waals surface area (Å²) in [6.45, 7) is 0.